The lowest BCUT2D eigenvalue weighted by molar-refractivity contribution is 0.102. The molecule has 0 heterocycles. The SMILES string of the molecule is CCc1cccc(C)c1NC(=O)c1ccc(OC(C)CC)cc1. The molecule has 122 valence electrons. The van der Waals surface area contributed by atoms with Crippen molar-refractivity contribution in [1.82, 2.24) is 0 Å². The van der Waals surface area contributed by atoms with Gasteiger partial charge in [-0.3, -0.25) is 4.79 Å². The molecule has 0 saturated carbocycles. The molecule has 0 spiro atoms. The number of hydrogen-bond donors (Lipinski definition) is 1. The van der Waals surface area contributed by atoms with E-state index in [2.05, 4.69) is 19.2 Å². The summed E-state index contributed by atoms with van der Waals surface area (Å²) in [5.41, 5.74) is 3.77. The Hall–Kier alpha value is -2.29. The summed E-state index contributed by atoms with van der Waals surface area (Å²) in [6.07, 6.45) is 2.02. The highest BCUT2D eigenvalue weighted by atomic mass is 16.5. The van der Waals surface area contributed by atoms with Crippen molar-refractivity contribution in [1.29, 1.82) is 0 Å². The van der Waals surface area contributed by atoms with Crippen molar-refractivity contribution in [2.45, 2.75) is 46.6 Å². The highest BCUT2D eigenvalue weighted by Gasteiger charge is 2.11. The Morgan fingerprint density at radius 3 is 2.43 bits per heavy atom. The lowest BCUT2D eigenvalue weighted by Gasteiger charge is -2.14. The third-order valence-electron chi connectivity index (χ3n) is 4.01. The second kappa shape index (κ2) is 7.82. The number of ether oxygens (including phenoxy) is 1. The van der Waals surface area contributed by atoms with Gasteiger partial charge in [0, 0.05) is 11.3 Å². The van der Waals surface area contributed by atoms with Crippen LogP contribution < -0.4 is 10.1 Å². The van der Waals surface area contributed by atoms with Crippen molar-refractivity contribution in [3.05, 3.63) is 59.2 Å². The Balaban J connectivity index is 2.12. The van der Waals surface area contributed by atoms with E-state index in [-0.39, 0.29) is 12.0 Å². The summed E-state index contributed by atoms with van der Waals surface area (Å²) in [6.45, 7) is 8.22. The molecule has 1 amide bonds. The van der Waals surface area contributed by atoms with Crippen molar-refractivity contribution in [2.24, 2.45) is 0 Å². The minimum absolute atomic E-state index is 0.0934. The Kier molecular flexibility index (Phi) is 5.80. The first-order valence-corrected chi connectivity index (χ1v) is 8.21. The number of benzene rings is 2. The fraction of sp³-hybridized carbons (Fsp3) is 0.350. The second-order valence-electron chi connectivity index (χ2n) is 5.78. The Bertz CT molecular complexity index is 662. The van der Waals surface area contributed by atoms with Crippen LogP contribution in [0.15, 0.2) is 42.5 Å². The summed E-state index contributed by atoms with van der Waals surface area (Å²) < 4.78 is 5.74. The van der Waals surface area contributed by atoms with Crippen LogP contribution >= 0.6 is 0 Å². The van der Waals surface area contributed by atoms with Gasteiger partial charge in [0.25, 0.3) is 5.91 Å². The van der Waals surface area contributed by atoms with Gasteiger partial charge in [-0.1, -0.05) is 32.0 Å². The molecule has 0 aromatic heterocycles. The molecule has 0 aliphatic carbocycles. The molecule has 1 atom stereocenters. The number of rotatable bonds is 6. The minimum Gasteiger partial charge on any atom is -0.491 e. The fourth-order valence-corrected chi connectivity index (χ4v) is 2.39. The van der Waals surface area contributed by atoms with Crippen molar-refractivity contribution < 1.29 is 9.53 Å². The predicted octanol–water partition coefficient (Wildman–Crippen LogP) is 4.99. The molecule has 0 fully saturated rings. The van der Waals surface area contributed by atoms with Gasteiger partial charge in [-0.15, -0.1) is 0 Å². The maximum absolute atomic E-state index is 12.5. The van der Waals surface area contributed by atoms with Gasteiger partial charge < -0.3 is 10.1 Å². The maximum atomic E-state index is 12.5. The molecule has 0 saturated heterocycles. The third kappa shape index (κ3) is 4.35. The normalized spacial score (nSPS) is 11.8. The molecule has 0 aliphatic rings. The largest absolute Gasteiger partial charge is 0.491 e. The van der Waals surface area contributed by atoms with Crippen molar-refractivity contribution in [3.8, 4) is 5.75 Å². The van der Waals surface area contributed by atoms with Gasteiger partial charge in [-0.2, -0.15) is 0 Å². The van der Waals surface area contributed by atoms with E-state index in [4.69, 9.17) is 4.74 Å². The highest BCUT2D eigenvalue weighted by molar-refractivity contribution is 6.05. The van der Waals surface area contributed by atoms with Gasteiger partial charge in [-0.25, -0.2) is 0 Å². The zero-order chi connectivity index (χ0) is 16.8. The van der Waals surface area contributed by atoms with E-state index < -0.39 is 0 Å². The lowest BCUT2D eigenvalue weighted by atomic mass is 10.1. The summed E-state index contributed by atoms with van der Waals surface area (Å²) in [5, 5.41) is 3.04. The summed E-state index contributed by atoms with van der Waals surface area (Å²) in [7, 11) is 0. The lowest BCUT2D eigenvalue weighted by Crippen LogP contribution is -2.14. The monoisotopic (exact) mass is 311 g/mol. The first-order chi connectivity index (χ1) is 11.0. The molecule has 0 bridgehead atoms. The summed E-state index contributed by atoms with van der Waals surface area (Å²) in [6, 6.07) is 13.4. The number of hydrogen-bond acceptors (Lipinski definition) is 2. The van der Waals surface area contributed by atoms with Gasteiger partial charge in [-0.05, 0) is 62.1 Å². The van der Waals surface area contributed by atoms with E-state index in [1.807, 2.05) is 44.2 Å². The topological polar surface area (TPSA) is 38.3 Å². The van der Waals surface area contributed by atoms with E-state index in [1.54, 1.807) is 12.1 Å². The smallest absolute Gasteiger partial charge is 0.255 e. The molecule has 3 heteroatoms. The number of anilines is 1. The Labute approximate surface area is 138 Å². The van der Waals surface area contributed by atoms with Crippen LogP contribution in [0.2, 0.25) is 0 Å². The van der Waals surface area contributed by atoms with Crippen LogP contribution in [0.1, 0.15) is 48.7 Å². The maximum Gasteiger partial charge on any atom is 0.255 e. The number of carbonyl (C=O) groups is 1. The quantitative estimate of drug-likeness (QED) is 0.816. The van der Waals surface area contributed by atoms with Crippen LogP contribution in [0.25, 0.3) is 0 Å². The second-order valence-corrected chi connectivity index (χ2v) is 5.78. The van der Waals surface area contributed by atoms with Crippen molar-refractivity contribution in [3.63, 3.8) is 0 Å². The van der Waals surface area contributed by atoms with Gasteiger partial charge >= 0.3 is 0 Å². The van der Waals surface area contributed by atoms with Gasteiger partial charge in [0.05, 0.1) is 6.10 Å². The molecule has 23 heavy (non-hydrogen) atoms. The van der Waals surface area contributed by atoms with E-state index >= 15 is 0 Å². The van der Waals surface area contributed by atoms with Crippen LogP contribution in [0.3, 0.4) is 0 Å². The first kappa shape index (κ1) is 17.1. The van der Waals surface area contributed by atoms with E-state index in [1.165, 1.54) is 0 Å². The average Bonchev–Trinajstić information content (AvgIpc) is 2.57. The Morgan fingerprint density at radius 1 is 1.13 bits per heavy atom. The molecule has 1 unspecified atom stereocenters. The van der Waals surface area contributed by atoms with Crippen LogP contribution in [0, 0.1) is 6.92 Å². The summed E-state index contributed by atoms with van der Waals surface area (Å²) in [5.74, 6) is 0.699. The molecule has 3 nitrogen and oxygen atoms in total. The number of aryl methyl sites for hydroxylation is 2. The number of amides is 1. The number of para-hydroxylation sites is 1. The molecule has 1 N–H and O–H groups in total. The van der Waals surface area contributed by atoms with Crippen LogP contribution in [0.4, 0.5) is 5.69 Å². The zero-order valence-corrected chi connectivity index (χ0v) is 14.3. The van der Waals surface area contributed by atoms with E-state index in [0.717, 1.165) is 35.4 Å². The summed E-state index contributed by atoms with van der Waals surface area (Å²) in [4.78, 5) is 12.5. The molecular weight excluding hydrogens is 286 g/mol. The number of nitrogens with one attached hydrogen (secondary N) is 1. The van der Waals surface area contributed by atoms with Gasteiger partial charge in [0.1, 0.15) is 5.75 Å². The van der Waals surface area contributed by atoms with Gasteiger partial charge in [0.2, 0.25) is 0 Å². The standard InChI is InChI=1S/C20H25NO2/c1-5-15(4)23-18-12-10-17(11-13-18)20(22)21-19-14(3)8-7-9-16(19)6-2/h7-13,15H,5-6H2,1-4H3,(H,21,22). The Morgan fingerprint density at radius 2 is 1.83 bits per heavy atom. The first-order valence-electron chi connectivity index (χ1n) is 8.21. The van der Waals surface area contributed by atoms with Crippen molar-refractivity contribution in [2.75, 3.05) is 5.32 Å². The fourth-order valence-electron chi connectivity index (χ4n) is 2.39. The minimum atomic E-state index is -0.0934. The molecule has 0 aliphatic heterocycles. The molecule has 2 aromatic rings. The van der Waals surface area contributed by atoms with Crippen LogP contribution in [-0.4, -0.2) is 12.0 Å². The third-order valence-corrected chi connectivity index (χ3v) is 4.01. The molecule has 0 radical (unpaired) electrons. The van der Waals surface area contributed by atoms with E-state index in [9.17, 15) is 4.79 Å². The summed E-state index contributed by atoms with van der Waals surface area (Å²) >= 11 is 0. The van der Waals surface area contributed by atoms with Crippen molar-refractivity contribution >= 4 is 11.6 Å². The highest BCUT2D eigenvalue weighted by Crippen LogP contribution is 2.22. The van der Waals surface area contributed by atoms with Crippen LogP contribution in [0.5, 0.6) is 5.75 Å². The van der Waals surface area contributed by atoms with E-state index in [0.29, 0.717) is 5.56 Å². The van der Waals surface area contributed by atoms with Crippen LogP contribution in [-0.2, 0) is 6.42 Å². The molecule has 2 rings (SSSR count). The van der Waals surface area contributed by atoms with Gasteiger partial charge in [0.15, 0.2) is 0 Å². The molecule has 2 aromatic carbocycles. The molecular formula is C20H25NO2. The average molecular weight is 311 g/mol. The predicted molar refractivity (Wildman–Crippen MR) is 95.3 cm³/mol. The number of carbonyl (C=O) groups excluding carboxylic acids is 1. The zero-order valence-electron chi connectivity index (χ0n) is 14.3.